The smallest absolute Gasteiger partial charge is 0.339 e. The van der Waals surface area contributed by atoms with E-state index in [-0.39, 0.29) is 18.4 Å². The van der Waals surface area contributed by atoms with E-state index in [1.165, 1.54) is 12.1 Å². The molecule has 6 nitrogen and oxygen atoms in total. The quantitative estimate of drug-likeness (QED) is 0.627. The molecule has 0 radical (unpaired) electrons. The van der Waals surface area contributed by atoms with Crippen molar-refractivity contribution in [2.45, 2.75) is 26.6 Å². The van der Waals surface area contributed by atoms with Crippen LogP contribution in [0.25, 0.3) is 0 Å². The summed E-state index contributed by atoms with van der Waals surface area (Å²) in [7, 11) is 0. The topological polar surface area (TPSA) is 55.9 Å². The van der Waals surface area contributed by atoms with Gasteiger partial charge in [-0.1, -0.05) is 18.2 Å². The molecule has 0 unspecified atom stereocenters. The van der Waals surface area contributed by atoms with E-state index in [4.69, 9.17) is 0 Å². The van der Waals surface area contributed by atoms with Crippen LogP contribution in [-0.2, 0) is 17.5 Å². The summed E-state index contributed by atoms with van der Waals surface area (Å²) < 4.78 is 38.1. The SMILES string of the molecule is CCN(CC)C(=O)c1cccc(NC(=O)CN2CCN(Cc3ccc(C(F)(F)F)cc3)CC2)c1. The van der Waals surface area contributed by atoms with Gasteiger partial charge in [0.1, 0.15) is 0 Å². The number of alkyl halides is 3. The number of carbonyl (C=O) groups excluding carboxylic acids is 2. The minimum atomic E-state index is -4.33. The molecule has 1 fully saturated rings. The van der Waals surface area contributed by atoms with Crippen molar-refractivity contribution in [3.8, 4) is 0 Å². The van der Waals surface area contributed by atoms with Crippen LogP contribution in [0.3, 0.4) is 0 Å². The van der Waals surface area contributed by atoms with Gasteiger partial charge in [0.2, 0.25) is 5.91 Å². The van der Waals surface area contributed by atoms with Crippen molar-refractivity contribution in [1.29, 1.82) is 0 Å². The van der Waals surface area contributed by atoms with Gasteiger partial charge in [0.15, 0.2) is 0 Å². The third kappa shape index (κ3) is 7.04. The summed E-state index contributed by atoms with van der Waals surface area (Å²) in [6, 6.07) is 12.2. The first-order valence-corrected chi connectivity index (χ1v) is 11.5. The van der Waals surface area contributed by atoms with Crippen LogP contribution >= 0.6 is 0 Å². The third-order valence-corrected chi connectivity index (χ3v) is 5.96. The van der Waals surface area contributed by atoms with Gasteiger partial charge in [-0.3, -0.25) is 19.4 Å². The van der Waals surface area contributed by atoms with E-state index in [0.29, 0.717) is 44.0 Å². The maximum absolute atomic E-state index is 12.7. The zero-order valence-electron chi connectivity index (χ0n) is 19.6. The molecular weight excluding hydrogens is 445 g/mol. The summed E-state index contributed by atoms with van der Waals surface area (Å²) in [6.07, 6.45) is -4.33. The number of amides is 2. The first-order chi connectivity index (χ1) is 16.2. The first kappa shape index (κ1) is 25.7. The van der Waals surface area contributed by atoms with Crippen molar-refractivity contribution in [2.24, 2.45) is 0 Å². The Morgan fingerprint density at radius 1 is 0.941 bits per heavy atom. The molecule has 2 aromatic carbocycles. The molecule has 0 aromatic heterocycles. The molecule has 0 saturated carbocycles. The molecule has 34 heavy (non-hydrogen) atoms. The van der Waals surface area contributed by atoms with Gasteiger partial charge in [-0.2, -0.15) is 13.2 Å². The Labute approximate surface area is 198 Å². The molecule has 0 spiro atoms. The number of rotatable bonds is 8. The molecule has 1 saturated heterocycles. The van der Waals surface area contributed by atoms with E-state index in [0.717, 1.165) is 30.8 Å². The summed E-state index contributed by atoms with van der Waals surface area (Å²) in [5, 5.41) is 2.87. The fourth-order valence-corrected chi connectivity index (χ4v) is 3.99. The molecule has 1 heterocycles. The molecule has 2 aromatic rings. The molecule has 1 aliphatic rings. The second-order valence-corrected chi connectivity index (χ2v) is 8.35. The minimum absolute atomic E-state index is 0.0646. The second kappa shape index (κ2) is 11.5. The standard InChI is InChI=1S/C25H31F3N4O2/c1-3-32(4-2)24(34)20-6-5-7-22(16-20)29-23(33)18-31-14-12-30(13-15-31)17-19-8-10-21(11-9-19)25(26,27)28/h5-11,16H,3-4,12-15,17-18H2,1-2H3,(H,29,33). The van der Waals surface area contributed by atoms with Gasteiger partial charge in [0.05, 0.1) is 12.1 Å². The van der Waals surface area contributed by atoms with Crippen molar-refractivity contribution in [2.75, 3.05) is 51.1 Å². The predicted molar refractivity (Wildman–Crippen MR) is 125 cm³/mol. The molecule has 9 heteroatoms. The van der Waals surface area contributed by atoms with E-state index >= 15 is 0 Å². The summed E-state index contributed by atoms with van der Waals surface area (Å²) in [5.74, 6) is -0.214. The lowest BCUT2D eigenvalue weighted by Crippen LogP contribution is -2.48. The van der Waals surface area contributed by atoms with Crippen LogP contribution in [0, 0.1) is 0 Å². The van der Waals surface area contributed by atoms with Crippen molar-refractivity contribution in [3.63, 3.8) is 0 Å². The van der Waals surface area contributed by atoms with Crippen molar-refractivity contribution in [1.82, 2.24) is 14.7 Å². The number of anilines is 1. The fraction of sp³-hybridized carbons (Fsp3) is 0.440. The van der Waals surface area contributed by atoms with Crippen LogP contribution in [0.15, 0.2) is 48.5 Å². The summed E-state index contributed by atoms with van der Waals surface area (Å²) in [4.78, 5) is 31.0. The zero-order valence-corrected chi connectivity index (χ0v) is 19.6. The lowest BCUT2D eigenvalue weighted by atomic mass is 10.1. The summed E-state index contributed by atoms with van der Waals surface area (Å²) >= 11 is 0. The maximum atomic E-state index is 12.7. The number of halogens is 3. The number of hydrogen-bond acceptors (Lipinski definition) is 4. The maximum Gasteiger partial charge on any atom is 0.416 e. The van der Waals surface area contributed by atoms with Gasteiger partial charge >= 0.3 is 6.18 Å². The lowest BCUT2D eigenvalue weighted by molar-refractivity contribution is -0.137. The van der Waals surface area contributed by atoms with Gasteiger partial charge in [0, 0.05) is 57.1 Å². The Hall–Kier alpha value is -2.91. The Morgan fingerprint density at radius 2 is 1.56 bits per heavy atom. The van der Waals surface area contributed by atoms with E-state index < -0.39 is 11.7 Å². The lowest BCUT2D eigenvalue weighted by Gasteiger charge is -2.34. The van der Waals surface area contributed by atoms with Crippen molar-refractivity contribution < 1.29 is 22.8 Å². The molecule has 2 amide bonds. The van der Waals surface area contributed by atoms with E-state index in [9.17, 15) is 22.8 Å². The van der Waals surface area contributed by atoms with Gasteiger partial charge in [-0.05, 0) is 49.7 Å². The molecule has 1 aliphatic heterocycles. The van der Waals surface area contributed by atoms with Crippen LogP contribution < -0.4 is 5.32 Å². The van der Waals surface area contributed by atoms with E-state index in [2.05, 4.69) is 10.2 Å². The number of hydrogen-bond donors (Lipinski definition) is 1. The van der Waals surface area contributed by atoms with Gasteiger partial charge in [-0.25, -0.2) is 0 Å². The summed E-state index contributed by atoms with van der Waals surface area (Å²) in [6.45, 7) is 8.74. The average Bonchev–Trinajstić information content (AvgIpc) is 2.81. The van der Waals surface area contributed by atoms with Gasteiger partial charge in [-0.15, -0.1) is 0 Å². The highest BCUT2D eigenvalue weighted by Gasteiger charge is 2.30. The Kier molecular flexibility index (Phi) is 8.68. The normalized spacial score (nSPS) is 15.2. The summed E-state index contributed by atoms with van der Waals surface area (Å²) in [5.41, 5.74) is 1.32. The second-order valence-electron chi connectivity index (χ2n) is 8.35. The van der Waals surface area contributed by atoms with E-state index in [1.807, 2.05) is 18.7 Å². The number of nitrogens with one attached hydrogen (secondary N) is 1. The molecule has 0 atom stereocenters. The Balaban J connectivity index is 1.46. The predicted octanol–water partition coefficient (Wildman–Crippen LogP) is 3.94. The van der Waals surface area contributed by atoms with Crippen LogP contribution in [0.5, 0.6) is 0 Å². The van der Waals surface area contributed by atoms with Gasteiger partial charge in [0.25, 0.3) is 5.91 Å². The van der Waals surface area contributed by atoms with Crippen molar-refractivity contribution in [3.05, 3.63) is 65.2 Å². The average molecular weight is 477 g/mol. The zero-order chi connectivity index (χ0) is 24.7. The molecule has 0 aliphatic carbocycles. The minimum Gasteiger partial charge on any atom is -0.339 e. The third-order valence-electron chi connectivity index (χ3n) is 5.96. The highest BCUT2D eigenvalue weighted by Crippen LogP contribution is 2.29. The highest BCUT2D eigenvalue weighted by molar-refractivity contribution is 5.97. The fourth-order valence-electron chi connectivity index (χ4n) is 3.99. The number of carbonyl (C=O) groups is 2. The number of piperazine rings is 1. The van der Waals surface area contributed by atoms with Crippen LogP contribution in [0.2, 0.25) is 0 Å². The number of benzene rings is 2. The largest absolute Gasteiger partial charge is 0.416 e. The molecule has 1 N–H and O–H groups in total. The molecule has 184 valence electrons. The first-order valence-electron chi connectivity index (χ1n) is 11.5. The molecular formula is C25H31F3N4O2. The van der Waals surface area contributed by atoms with Crippen LogP contribution in [0.1, 0.15) is 35.3 Å². The van der Waals surface area contributed by atoms with Gasteiger partial charge < -0.3 is 10.2 Å². The molecule has 3 rings (SSSR count). The highest BCUT2D eigenvalue weighted by atomic mass is 19.4. The monoisotopic (exact) mass is 476 g/mol. The number of nitrogens with zero attached hydrogens (tertiary/aromatic N) is 3. The Bertz CT molecular complexity index is 967. The Morgan fingerprint density at radius 3 is 2.15 bits per heavy atom. The van der Waals surface area contributed by atoms with Crippen LogP contribution in [0.4, 0.5) is 18.9 Å². The van der Waals surface area contributed by atoms with Crippen LogP contribution in [-0.4, -0.2) is 72.3 Å². The van der Waals surface area contributed by atoms with E-state index in [1.54, 1.807) is 29.2 Å². The molecule has 0 bridgehead atoms. The van der Waals surface area contributed by atoms with Crippen molar-refractivity contribution >= 4 is 17.5 Å².